The van der Waals surface area contributed by atoms with Crippen molar-refractivity contribution in [1.29, 1.82) is 0 Å². The molecule has 30 heavy (non-hydrogen) atoms. The maximum atomic E-state index is 12.4. The van der Waals surface area contributed by atoms with Crippen LogP contribution in [0.1, 0.15) is 28.7 Å². The number of carbonyl (C=O) groups is 3. The number of anilines is 2. The third-order valence-corrected chi connectivity index (χ3v) is 5.83. The quantitative estimate of drug-likeness (QED) is 0.660. The normalized spacial score (nSPS) is 16.0. The molecule has 0 spiro atoms. The summed E-state index contributed by atoms with van der Waals surface area (Å²) in [6.07, 6.45) is 0.0817. The Labute approximate surface area is 184 Å². The molecule has 0 aromatic heterocycles. The monoisotopic (exact) mass is 472 g/mol. The second-order valence-electron chi connectivity index (χ2n) is 7.74. The van der Waals surface area contributed by atoms with Gasteiger partial charge in [-0.05, 0) is 74.2 Å². The van der Waals surface area contributed by atoms with Crippen LogP contribution in [0.3, 0.4) is 0 Å². The minimum Gasteiger partial charge on any atom is -0.455 e. The predicted octanol–water partition coefficient (Wildman–Crippen LogP) is 4.22. The molecule has 1 aliphatic heterocycles. The minimum absolute atomic E-state index is 0.0817. The van der Waals surface area contributed by atoms with E-state index in [0.717, 1.165) is 32.4 Å². The summed E-state index contributed by atoms with van der Waals surface area (Å²) < 4.78 is 6.13. The maximum Gasteiger partial charge on any atom is 0.311 e. The number of rotatable bonds is 5. The first-order valence-corrected chi connectivity index (χ1v) is 10.6. The SMILES string of the molecule is Cc1ccc(N2C[C@H](C(=O)OCC(=O)Nc3c(C)cc(Br)cc3C)CC2=O)cc1C. The molecule has 2 aromatic rings. The van der Waals surface area contributed by atoms with Crippen LogP contribution in [0.25, 0.3) is 0 Å². The van der Waals surface area contributed by atoms with Crippen molar-refractivity contribution in [3.63, 3.8) is 0 Å². The van der Waals surface area contributed by atoms with Gasteiger partial charge < -0.3 is 15.0 Å². The van der Waals surface area contributed by atoms with Gasteiger partial charge in [0, 0.05) is 28.8 Å². The second-order valence-corrected chi connectivity index (χ2v) is 8.66. The minimum atomic E-state index is -0.580. The molecule has 7 heteroatoms. The summed E-state index contributed by atoms with van der Waals surface area (Å²) in [6.45, 7) is 7.65. The van der Waals surface area contributed by atoms with Gasteiger partial charge in [0.05, 0.1) is 5.92 Å². The molecule has 0 aliphatic carbocycles. The van der Waals surface area contributed by atoms with Gasteiger partial charge in [-0.2, -0.15) is 0 Å². The van der Waals surface area contributed by atoms with Crippen molar-refractivity contribution >= 4 is 45.1 Å². The maximum absolute atomic E-state index is 12.4. The first-order valence-electron chi connectivity index (χ1n) is 9.76. The molecule has 0 radical (unpaired) electrons. The topological polar surface area (TPSA) is 75.7 Å². The Balaban J connectivity index is 1.57. The number of hydrogen-bond donors (Lipinski definition) is 1. The van der Waals surface area contributed by atoms with Gasteiger partial charge in [-0.15, -0.1) is 0 Å². The first kappa shape index (κ1) is 22.0. The highest BCUT2D eigenvalue weighted by Crippen LogP contribution is 2.28. The van der Waals surface area contributed by atoms with Crippen molar-refractivity contribution in [2.24, 2.45) is 5.92 Å². The highest BCUT2D eigenvalue weighted by molar-refractivity contribution is 9.10. The van der Waals surface area contributed by atoms with E-state index in [1.54, 1.807) is 4.90 Å². The highest BCUT2D eigenvalue weighted by atomic mass is 79.9. The summed E-state index contributed by atoms with van der Waals surface area (Å²) in [6, 6.07) is 9.59. The lowest BCUT2D eigenvalue weighted by Gasteiger charge is -2.18. The van der Waals surface area contributed by atoms with E-state index in [1.807, 2.05) is 58.0 Å². The van der Waals surface area contributed by atoms with E-state index >= 15 is 0 Å². The highest BCUT2D eigenvalue weighted by Gasteiger charge is 2.36. The van der Waals surface area contributed by atoms with Gasteiger partial charge in [0.25, 0.3) is 5.91 Å². The Morgan fingerprint density at radius 2 is 1.73 bits per heavy atom. The molecule has 0 unspecified atom stereocenters. The first-order chi connectivity index (χ1) is 14.2. The van der Waals surface area contributed by atoms with E-state index < -0.39 is 17.8 Å². The molecule has 2 aromatic carbocycles. The number of esters is 1. The lowest BCUT2D eigenvalue weighted by molar-refractivity contribution is -0.151. The summed E-state index contributed by atoms with van der Waals surface area (Å²) in [5, 5.41) is 2.79. The average Bonchev–Trinajstić information content (AvgIpc) is 3.06. The van der Waals surface area contributed by atoms with Crippen LogP contribution < -0.4 is 10.2 Å². The van der Waals surface area contributed by atoms with Crippen LogP contribution in [-0.2, 0) is 19.1 Å². The fourth-order valence-corrected chi connectivity index (χ4v) is 4.23. The third kappa shape index (κ3) is 4.90. The zero-order chi connectivity index (χ0) is 22.0. The zero-order valence-corrected chi connectivity index (χ0v) is 19.1. The molecule has 2 amide bonds. The number of ether oxygens (including phenoxy) is 1. The Bertz CT molecular complexity index is 995. The van der Waals surface area contributed by atoms with Crippen LogP contribution in [0.15, 0.2) is 34.8 Å². The second kappa shape index (κ2) is 9.00. The lowest BCUT2D eigenvalue weighted by atomic mass is 10.1. The molecule has 0 bridgehead atoms. The molecule has 3 rings (SSSR count). The van der Waals surface area contributed by atoms with Crippen molar-refractivity contribution in [2.75, 3.05) is 23.4 Å². The van der Waals surface area contributed by atoms with Gasteiger partial charge in [0.15, 0.2) is 6.61 Å². The standard InChI is InChI=1S/C23H25BrN2O4/c1-13-5-6-19(9-14(13)2)26-11-17(10-21(26)28)23(29)30-12-20(27)25-22-15(3)7-18(24)8-16(22)4/h5-9,17H,10-12H2,1-4H3,(H,25,27)/t17-/m1/s1. The van der Waals surface area contributed by atoms with Crippen LogP contribution in [0, 0.1) is 33.6 Å². The van der Waals surface area contributed by atoms with Crippen LogP contribution in [-0.4, -0.2) is 30.9 Å². The lowest BCUT2D eigenvalue weighted by Crippen LogP contribution is -2.28. The summed E-state index contributed by atoms with van der Waals surface area (Å²) in [5.74, 6) is -1.64. The fourth-order valence-electron chi connectivity index (χ4n) is 3.55. The Morgan fingerprint density at radius 3 is 2.37 bits per heavy atom. The van der Waals surface area contributed by atoms with Gasteiger partial charge in [-0.1, -0.05) is 22.0 Å². The Morgan fingerprint density at radius 1 is 1.07 bits per heavy atom. The van der Waals surface area contributed by atoms with E-state index in [4.69, 9.17) is 4.74 Å². The molecule has 1 fully saturated rings. The molecule has 1 N–H and O–H groups in total. The van der Waals surface area contributed by atoms with Gasteiger partial charge in [0.2, 0.25) is 5.91 Å². The molecule has 1 atom stereocenters. The van der Waals surface area contributed by atoms with Crippen LogP contribution >= 0.6 is 15.9 Å². The fraction of sp³-hybridized carbons (Fsp3) is 0.348. The van der Waals surface area contributed by atoms with Crippen LogP contribution in [0.4, 0.5) is 11.4 Å². The van der Waals surface area contributed by atoms with Gasteiger partial charge in [0.1, 0.15) is 0 Å². The van der Waals surface area contributed by atoms with Crippen molar-refractivity contribution in [2.45, 2.75) is 34.1 Å². The Kier molecular flexibility index (Phi) is 6.61. The van der Waals surface area contributed by atoms with Crippen molar-refractivity contribution in [3.8, 4) is 0 Å². The van der Waals surface area contributed by atoms with E-state index in [9.17, 15) is 14.4 Å². The summed E-state index contributed by atoms with van der Waals surface area (Å²) >= 11 is 3.42. The van der Waals surface area contributed by atoms with E-state index in [-0.39, 0.29) is 25.5 Å². The Hall–Kier alpha value is -2.67. The third-order valence-electron chi connectivity index (χ3n) is 5.37. The zero-order valence-electron chi connectivity index (χ0n) is 17.5. The average molecular weight is 473 g/mol. The molecule has 1 heterocycles. The molecule has 6 nitrogen and oxygen atoms in total. The molecule has 1 aliphatic rings. The molecule has 0 saturated carbocycles. The molecule has 158 valence electrons. The van der Waals surface area contributed by atoms with Gasteiger partial charge in [-0.3, -0.25) is 14.4 Å². The summed E-state index contributed by atoms with van der Waals surface area (Å²) in [5.41, 5.74) is 5.53. The largest absolute Gasteiger partial charge is 0.455 e. The number of carbonyl (C=O) groups excluding carboxylic acids is 3. The smallest absolute Gasteiger partial charge is 0.311 e. The van der Waals surface area contributed by atoms with Gasteiger partial charge >= 0.3 is 5.97 Å². The molecular weight excluding hydrogens is 448 g/mol. The number of nitrogens with one attached hydrogen (secondary N) is 1. The van der Waals surface area contributed by atoms with E-state index in [1.165, 1.54) is 0 Å². The summed E-state index contributed by atoms with van der Waals surface area (Å²) in [7, 11) is 0. The van der Waals surface area contributed by atoms with Crippen molar-refractivity contribution < 1.29 is 19.1 Å². The van der Waals surface area contributed by atoms with Crippen LogP contribution in [0.5, 0.6) is 0 Å². The molecular formula is C23H25BrN2O4. The van der Waals surface area contributed by atoms with E-state index in [2.05, 4.69) is 21.2 Å². The number of benzene rings is 2. The number of amides is 2. The van der Waals surface area contributed by atoms with Crippen LogP contribution in [0.2, 0.25) is 0 Å². The molecule has 1 saturated heterocycles. The summed E-state index contributed by atoms with van der Waals surface area (Å²) in [4.78, 5) is 38.7. The number of nitrogens with zero attached hydrogens (tertiary/aromatic N) is 1. The number of halogens is 1. The number of hydrogen-bond acceptors (Lipinski definition) is 4. The van der Waals surface area contributed by atoms with Crippen molar-refractivity contribution in [1.82, 2.24) is 0 Å². The number of aryl methyl sites for hydroxylation is 4. The van der Waals surface area contributed by atoms with Gasteiger partial charge in [-0.25, -0.2) is 0 Å². The van der Waals surface area contributed by atoms with Crippen molar-refractivity contribution in [3.05, 3.63) is 57.1 Å². The van der Waals surface area contributed by atoms with E-state index in [0.29, 0.717) is 5.69 Å². The predicted molar refractivity (Wildman–Crippen MR) is 120 cm³/mol.